The number of hydrogen-bond donors (Lipinski definition) is 1. The number of aliphatic hydroxyl groups is 1. The fourth-order valence-electron chi connectivity index (χ4n) is 1.22. The first-order chi connectivity index (χ1) is 8.20. The summed E-state index contributed by atoms with van der Waals surface area (Å²) in [7, 11) is 0. The van der Waals surface area contributed by atoms with Crippen molar-refractivity contribution >= 4 is 27.5 Å². The maximum Gasteiger partial charge on any atom is 0.238 e. The van der Waals surface area contributed by atoms with E-state index in [1.54, 1.807) is 24.3 Å². The van der Waals surface area contributed by atoms with Crippen LogP contribution in [0.15, 0.2) is 35.1 Å². The molecule has 0 unspecified atom stereocenters. The average Bonchev–Trinajstić information content (AvgIpc) is 2.35. The predicted octanol–water partition coefficient (Wildman–Crippen LogP) is 3.18. The molecule has 2 rings (SSSR count). The van der Waals surface area contributed by atoms with Gasteiger partial charge in [0.05, 0.1) is 6.61 Å². The smallest absolute Gasteiger partial charge is 0.238 e. The van der Waals surface area contributed by atoms with Crippen molar-refractivity contribution in [3.8, 4) is 11.6 Å². The molecule has 0 bridgehead atoms. The summed E-state index contributed by atoms with van der Waals surface area (Å²) < 4.78 is 6.04. The molecule has 0 atom stereocenters. The van der Waals surface area contributed by atoms with Gasteiger partial charge in [0.15, 0.2) is 5.15 Å². The molecule has 0 saturated carbocycles. The molecule has 0 fully saturated rings. The minimum absolute atomic E-state index is 0.0388. The number of aromatic nitrogens is 2. The van der Waals surface area contributed by atoms with Gasteiger partial charge in [-0.3, -0.25) is 0 Å². The van der Waals surface area contributed by atoms with E-state index in [2.05, 4.69) is 25.9 Å². The van der Waals surface area contributed by atoms with Gasteiger partial charge in [-0.25, -0.2) is 9.97 Å². The van der Waals surface area contributed by atoms with Crippen LogP contribution in [0.5, 0.6) is 11.6 Å². The van der Waals surface area contributed by atoms with Crippen LogP contribution in [-0.2, 0) is 6.61 Å². The quantitative estimate of drug-likeness (QED) is 0.884. The molecule has 0 amide bonds. The maximum absolute atomic E-state index is 9.02. The van der Waals surface area contributed by atoms with E-state index in [4.69, 9.17) is 21.4 Å². The first kappa shape index (κ1) is 12.3. The molecule has 0 saturated heterocycles. The van der Waals surface area contributed by atoms with Crippen LogP contribution in [0.3, 0.4) is 0 Å². The Morgan fingerprint density at radius 2 is 2.18 bits per heavy atom. The molecular weight excluding hydrogens is 307 g/mol. The third-order valence-electron chi connectivity index (χ3n) is 2.01. The molecule has 6 heteroatoms. The van der Waals surface area contributed by atoms with Gasteiger partial charge >= 0.3 is 0 Å². The lowest BCUT2D eigenvalue weighted by atomic mass is 10.2. The monoisotopic (exact) mass is 314 g/mol. The Morgan fingerprint density at radius 1 is 1.35 bits per heavy atom. The SMILES string of the molecule is OCc1cccc(Oc2ncnc(Cl)c2Br)c1. The molecule has 1 heterocycles. The van der Waals surface area contributed by atoms with Gasteiger partial charge in [-0.15, -0.1) is 0 Å². The Labute approximate surface area is 111 Å². The first-order valence-electron chi connectivity index (χ1n) is 4.74. The summed E-state index contributed by atoms with van der Waals surface area (Å²) in [6.45, 7) is -0.0388. The summed E-state index contributed by atoms with van der Waals surface area (Å²) >= 11 is 9.06. The lowest BCUT2D eigenvalue weighted by molar-refractivity contribution is 0.281. The summed E-state index contributed by atoms with van der Waals surface area (Å²) in [5, 5.41) is 9.30. The van der Waals surface area contributed by atoms with Crippen LogP contribution in [0.25, 0.3) is 0 Å². The highest BCUT2D eigenvalue weighted by molar-refractivity contribution is 9.10. The lowest BCUT2D eigenvalue weighted by Crippen LogP contribution is -1.92. The molecule has 88 valence electrons. The molecule has 0 aliphatic carbocycles. The van der Waals surface area contributed by atoms with Gasteiger partial charge < -0.3 is 9.84 Å². The van der Waals surface area contributed by atoms with Crippen molar-refractivity contribution in [3.05, 3.63) is 45.8 Å². The average molecular weight is 316 g/mol. The van der Waals surface area contributed by atoms with Crippen LogP contribution in [0.1, 0.15) is 5.56 Å². The summed E-state index contributed by atoms with van der Waals surface area (Å²) in [4.78, 5) is 7.76. The Hall–Kier alpha value is -1.17. The van der Waals surface area contributed by atoms with Crippen molar-refractivity contribution in [1.29, 1.82) is 0 Å². The van der Waals surface area contributed by atoms with E-state index in [-0.39, 0.29) is 11.8 Å². The van der Waals surface area contributed by atoms with E-state index in [0.717, 1.165) is 5.56 Å². The molecule has 4 nitrogen and oxygen atoms in total. The second kappa shape index (κ2) is 5.44. The van der Waals surface area contributed by atoms with Crippen molar-refractivity contribution in [1.82, 2.24) is 9.97 Å². The van der Waals surface area contributed by atoms with Crippen LogP contribution in [0.4, 0.5) is 0 Å². The van der Waals surface area contributed by atoms with Crippen LogP contribution in [0, 0.1) is 0 Å². The molecule has 0 aliphatic heterocycles. The van der Waals surface area contributed by atoms with E-state index in [1.807, 2.05) is 0 Å². The molecule has 0 radical (unpaired) electrons. The van der Waals surface area contributed by atoms with Crippen molar-refractivity contribution in [2.24, 2.45) is 0 Å². The van der Waals surface area contributed by atoms with E-state index < -0.39 is 0 Å². The van der Waals surface area contributed by atoms with Crippen molar-refractivity contribution in [2.75, 3.05) is 0 Å². The Balaban J connectivity index is 2.28. The zero-order valence-corrected chi connectivity index (χ0v) is 10.9. The summed E-state index contributed by atoms with van der Waals surface area (Å²) in [5.41, 5.74) is 0.763. The summed E-state index contributed by atoms with van der Waals surface area (Å²) in [5.74, 6) is 0.909. The van der Waals surface area contributed by atoms with Crippen molar-refractivity contribution in [3.63, 3.8) is 0 Å². The van der Waals surface area contributed by atoms with E-state index in [0.29, 0.717) is 16.1 Å². The van der Waals surface area contributed by atoms with Crippen LogP contribution in [-0.4, -0.2) is 15.1 Å². The highest BCUT2D eigenvalue weighted by Gasteiger charge is 2.09. The highest BCUT2D eigenvalue weighted by atomic mass is 79.9. The predicted molar refractivity (Wildman–Crippen MR) is 67.2 cm³/mol. The number of nitrogens with zero attached hydrogens (tertiary/aromatic N) is 2. The number of aliphatic hydroxyl groups excluding tert-OH is 1. The number of benzene rings is 1. The molecular formula is C11H8BrClN2O2. The molecule has 0 aliphatic rings. The zero-order valence-electron chi connectivity index (χ0n) is 8.60. The second-order valence-electron chi connectivity index (χ2n) is 3.19. The van der Waals surface area contributed by atoms with Crippen molar-refractivity contribution in [2.45, 2.75) is 6.61 Å². The lowest BCUT2D eigenvalue weighted by Gasteiger charge is -2.07. The summed E-state index contributed by atoms with van der Waals surface area (Å²) in [6.07, 6.45) is 1.32. The van der Waals surface area contributed by atoms with E-state index in [1.165, 1.54) is 6.33 Å². The van der Waals surface area contributed by atoms with Crippen LogP contribution in [0.2, 0.25) is 5.15 Å². The third kappa shape index (κ3) is 2.94. The number of halogens is 2. The van der Waals surface area contributed by atoms with Gasteiger partial charge in [-0.2, -0.15) is 0 Å². The molecule has 1 N–H and O–H groups in total. The van der Waals surface area contributed by atoms with E-state index >= 15 is 0 Å². The normalized spacial score (nSPS) is 10.3. The van der Waals surface area contributed by atoms with Gasteiger partial charge in [0.1, 0.15) is 16.5 Å². The number of rotatable bonds is 3. The molecule has 17 heavy (non-hydrogen) atoms. The van der Waals surface area contributed by atoms with Gasteiger partial charge in [-0.1, -0.05) is 23.7 Å². The molecule has 1 aromatic heterocycles. The summed E-state index contributed by atoms with van der Waals surface area (Å²) in [6, 6.07) is 7.08. The van der Waals surface area contributed by atoms with Crippen LogP contribution < -0.4 is 4.74 Å². The third-order valence-corrected chi connectivity index (χ3v) is 3.24. The Kier molecular flexibility index (Phi) is 3.93. The van der Waals surface area contributed by atoms with Gasteiger partial charge in [0, 0.05) is 0 Å². The van der Waals surface area contributed by atoms with Gasteiger partial charge in [-0.05, 0) is 33.6 Å². The molecule has 1 aromatic carbocycles. The Morgan fingerprint density at radius 3 is 2.94 bits per heavy atom. The first-order valence-corrected chi connectivity index (χ1v) is 5.91. The fraction of sp³-hybridized carbons (Fsp3) is 0.0909. The minimum atomic E-state index is -0.0388. The largest absolute Gasteiger partial charge is 0.438 e. The zero-order chi connectivity index (χ0) is 12.3. The van der Waals surface area contributed by atoms with Crippen LogP contribution >= 0.6 is 27.5 Å². The Bertz CT molecular complexity index is 537. The van der Waals surface area contributed by atoms with Gasteiger partial charge in [0.25, 0.3) is 0 Å². The number of ether oxygens (including phenoxy) is 1. The topological polar surface area (TPSA) is 55.2 Å². The molecule has 0 spiro atoms. The number of hydrogen-bond acceptors (Lipinski definition) is 4. The minimum Gasteiger partial charge on any atom is -0.438 e. The van der Waals surface area contributed by atoms with E-state index in [9.17, 15) is 0 Å². The maximum atomic E-state index is 9.02. The highest BCUT2D eigenvalue weighted by Crippen LogP contribution is 2.31. The second-order valence-corrected chi connectivity index (χ2v) is 4.34. The van der Waals surface area contributed by atoms with Crippen molar-refractivity contribution < 1.29 is 9.84 Å². The van der Waals surface area contributed by atoms with Gasteiger partial charge in [0.2, 0.25) is 5.88 Å². The fourth-order valence-corrected chi connectivity index (χ4v) is 1.63. The standard InChI is InChI=1S/C11H8BrClN2O2/c12-9-10(13)14-6-15-11(9)17-8-3-1-2-7(4-8)5-16/h1-4,6,16H,5H2. The molecule has 2 aromatic rings.